The van der Waals surface area contributed by atoms with Gasteiger partial charge in [0.05, 0.1) is 0 Å². The third-order valence-electron chi connectivity index (χ3n) is 2.56. The second-order valence-electron chi connectivity index (χ2n) is 6.07. The lowest BCUT2D eigenvalue weighted by atomic mass is 10.0. The molecule has 0 fully saturated rings. The molecule has 0 saturated carbocycles. The van der Waals surface area contributed by atoms with Crippen molar-refractivity contribution >= 4 is 27.8 Å². The number of nitrogens with one attached hydrogen (secondary N) is 1. The first-order valence-electron chi connectivity index (χ1n) is 6.76. The van der Waals surface area contributed by atoms with E-state index in [1.165, 1.54) is 0 Å². The predicted molar refractivity (Wildman–Crippen MR) is 83.9 cm³/mol. The molecule has 5 nitrogen and oxygen atoms in total. The van der Waals surface area contributed by atoms with Crippen molar-refractivity contribution in [3.63, 3.8) is 0 Å². The van der Waals surface area contributed by atoms with Crippen LogP contribution in [0.25, 0.3) is 0 Å². The summed E-state index contributed by atoms with van der Waals surface area (Å²) in [7, 11) is 0. The number of esters is 1. The van der Waals surface area contributed by atoms with E-state index in [4.69, 9.17) is 4.74 Å². The van der Waals surface area contributed by atoms with Gasteiger partial charge >= 0.3 is 5.97 Å². The van der Waals surface area contributed by atoms with Crippen LogP contribution < -0.4 is 5.32 Å². The SMILES string of the molecule is CC(C)[C@@H](NC(=O)c1cccc(Br)n1)C(=O)OC(C)(C)C. The van der Waals surface area contributed by atoms with Gasteiger partial charge in [-0.2, -0.15) is 0 Å². The lowest BCUT2D eigenvalue weighted by Crippen LogP contribution is -2.47. The fraction of sp³-hybridized carbons (Fsp3) is 0.533. The average Bonchev–Trinajstić information content (AvgIpc) is 2.32. The van der Waals surface area contributed by atoms with Gasteiger partial charge in [-0.05, 0) is 54.8 Å². The molecule has 6 heteroatoms. The Bertz CT molecular complexity index is 524. The molecule has 0 saturated heterocycles. The molecule has 0 aliphatic carbocycles. The Morgan fingerprint density at radius 1 is 1.29 bits per heavy atom. The third kappa shape index (κ3) is 5.83. The fourth-order valence-corrected chi connectivity index (χ4v) is 1.96. The second-order valence-corrected chi connectivity index (χ2v) is 6.89. The zero-order valence-electron chi connectivity index (χ0n) is 12.9. The standard InChI is InChI=1S/C15H21BrN2O3/c1-9(2)12(14(20)21-15(3,4)5)18-13(19)10-7-6-8-11(16)17-10/h6-9,12H,1-5H3,(H,18,19)/t12-/m1/s1. The van der Waals surface area contributed by atoms with Gasteiger partial charge in [-0.3, -0.25) is 4.79 Å². The Labute approximate surface area is 133 Å². The summed E-state index contributed by atoms with van der Waals surface area (Å²) in [6, 6.07) is 4.32. The molecule has 0 spiro atoms. The van der Waals surface area contributed by atoms with Crippen molar-refractivity contribution in [2.45, 2.75) is 46.3 Å². The lowest BCUT2D eigenvalue weighted by molar-refractivity contribution is -0.158. The minimum absolute atomic E-state index is 0.0871. The molecular formula is C15H21BrN2O3. The number of nitrogens with zero attached hydrogens (tertiary/aromatic N) is 1. The molecule has 1 aromatic heterocycles. The Hall–Kier alpha value is -1.43. The number of aromatic nitrogens is 1. The summed E-state index contributed by atoms with van der Waals surface area (Å²) in [6.45, 7) is 9.08. The predicted octanol–water partition coefficient (Wildman–Crippen LogP) is 2.94. The summed E-state index contributed by atoms with van der Waals surface area (Å²) in [6.07, 6.45) is 0. The van der Waals surface area contributed by atoms with Crippen LogP contribution in [0.3, 0.4) is 0 Å². The quantitative estimate of drug-likeness (QED) is 0.665. The Morgan fingerprint density at radius 2 is 1.90 bits per heavy atom. The molecule has 0 unspecified atom stereocenters. The molecule has 1 N–H and O–H groups in total. The summed E-state index contributed by atoms with van der Waals surface area (Å²) in [5.41, 5.74) is -0.346. The van der Waals surface area contributed by atoms with Crippen LogP contribution in [0.2, 0.25) is 0 Å². The Morgan fingerprint density at radius 3 is 2.38 bits per heavy atom. The molecule has 1 aromatic rings. The molecule has 116 valence electrons. The van der Waals surface area contributed by atoms with Crippen LogP contribution in [-0.4, -0.2) is 28.5 Å². The van der Waals surface area contributed by atoms with Gasteiger partial charge in [-0.1, -0.05) is 19.9 Å². The zero-order valence-corrected chi connectivity index (χ0v) is 14.5. The summed E-state index contributed by atoms with van der Waals surface area (Å²) >= 11 is 3.21. The first kappa shape index (κ1) is 17.6. The van der Waals surface area contributed by atoms with E-state index in [2.05, 4.69) is 26.2 Å². The molecule has 0 bridgehead atoms. The number of pyridine rings is 1. The van der Waals surface area contributed by atoms with E-state index in [-0.39, 0.29) is 11.6 Å². The first-order chi connectivity index (χ1) is 9.60. The number of hydrogen-bond donors (Lipinski definition) is 1. The number of carbonyl (C=O) groups excluding carboxylic acids is 2. The normalized spacial score (nSPS) is 12.9. The number of ether oxygens (including phenoxy) is 1. The maximum absolute atomic E-state index is 12.2. The topological polar surface area (TPSA) is 68.3 Å². The van der Waals surface area contributed by atoms with E-state index in [0.717, 1.165) is 0 Å². The molecule has 1 amide bonds. The van der Waals surface area contributed by atoms with Crippen molar-refractivity contribution in [1.29, 1.82) is 0 Å². The molecule has 0 aliphatic rings. The van der Waals surface area contributed by atoms with Crippen molar-refractivity contribution in [2.75, 3.05) is 0 Å². The summed E-state index contributed by atoms with van der Waals surface area (Å²) in [5.74, 6) is -0.933. The van der Waals surface area contributed by atoms with E-state index in [1.54, 1.807) is 39.0 Å². The van der Waals surface area contributed by atoms with Crippen molar-refractivity contribution in [1.82, 2.24) is 10.3 Å². The van der Waals surface area contributed by atoms with Gasteiger partial charge in [0.2, 0.25) is 0 Å². The molecule has 1 atom stereocenters. The van der Waals surface area contributed by atoms with Crippen molar-refractivity contribution in [3.05, 3.63) is 28.5 Å². The van der Waals surface area contributed by atoms with Crippen molar-refractivity contribution in [2.24, 2.45) is 5.92 Å². The highest BCUT2D eigenvalue weighted by molar-refractivity contribution is 9.10. The molecule has 0 aromatic carbocycles. The minimum Gasteiger partial charge on any atom is -0.458 e. The lowest BCUT2D eigenvalue weighted by Gasteiger charge is -2.26. The highest BCUT2D eigenvalue weighted by Crippen LogP contribution is 2.13. The first-order valence-corrected chi connectivity index (χ1v) is 7.56. The maximum Gasteiger partial charge on any atom is 0.329 e. The van der Waals surface area contributed by atoms with Gasteiger partial charge in [-0.15, -0.1) is 0 Å². The molecular weight excluding hydrogens is 336 g/mol. The number of carbonyl (C=O) groups is 2. The third-order valence-corrected chi connectivity index (χ3v) is 3.00. The Balaban J connectivity index is 2.84. The molecule has 21 heavy (non-hydrogen) atoms. The summed E-state index contributed by atoms with van der Waals surface area (Å²) in [4.78, 5) is 28.4. The molecule has 1 rings (SSSR count). The number of amides is 1. The van der Waals surface area contributed by atoms with Crippen LogP contribution in [0, 0.1) is 5.92 Å². The largest absolute Gasteiger partial charge is 0.458 e. The van der Waals surface area contributed by atoms with Gasteiger partial charge in [0.15, 0.2) is 0 Å². The van der Waals surface area contributed by atoms with E-state index in [1.807, 2.05) is 13.8 Å². The van der Waals surface area contributed by atoms with E-state index >= 15 is 0 Å². The fourth-order valence-electron chi connectivity index (χ4n) is 1.61. The van der Waals surface area contributed by atoms with Crippen molar-refractivity contribution < 1.29 is 14.3 Å². The zero-order chi connectivity index (χ0) is 16.2. The number of rotatable bonds is 4. The monoisotopic (exact) mass is 356 g/mol. The van der Waals surface area contributed by atoms with Gasteiger partial charge in [-0.25, -0.2) is 9.78 Å². The van der Waals surface area contributed by atoms with Crippen LogP contribution in [-0.2, 0) is 9.53 Å². The minimum atomic E-state index is -0.711. The van der Waals surface area contributed by atoms with E-state index in [9.17, 15) is 9.59 Å². The average molecular weight is 357 g/mol. The van der Waals surface area contributed by atoms with Gasteiger partial charge in [0.25, 0.3) is 5.91 Å². The van der Waals surface area contributed by atoms with E-state index < -0.39 is 23.5 Å². The number of hydrogen-bond acceptors (Lipinski definition) is 4. The maximum atomic E-state index is 12.2. The Kier molecular flexibility index (Phi) is 5.89. The molecule has 1 heterocycles. The smallest absolute Gasteiger partial charge is 0.329 e. The number of halogens is 1. The van der Waals surface area contributed by atoms with E-state index in [0.29, 0.717) is 4.60 Å². The molecule has 0 radical (unpaired) electrons. The van der Waals surface area contributed by atoms with Gasteiger partial charge in [0, 0.05) is 0 Å². The summed E-state index contributed by atoms with van der Waals surface area (Å²) in [5, 5.41) is 2.69. The van der Waals surface area contributed by atoms with Gasteiger partial charge in [0.1, 0.15) is 21.9 Å². The van der Waals surface area contributed by atoms with Crippen LogP contribution >= 0.6 is 15.9 Å². The summed E-state index contributed by atoms with van der Waals surface area (Å²) < 4.78 is 5.90. The second kappa shape index (κ2) is 7.02. The van der Waals surface area contributed by atoms with Crippen LogP contribution in [0.15, 0.2) is 22.8 Å². The highest BCUT2D eigenvalue weighted by Gasteiger charge is 2.29. The molecule has 0 aliphatic heterocycles. The van der Waals surface area contributed by atoms with Gasteiger partial charge < -0.3 is 10.1 Å². The highest BCUT2D eigenvalue weighted by atomic mass is 79.9. The van der Waals surface area contributed by atoms with Crippen LogP contribution in [0.4, 0.5) is 0 Å². The van der Waals surface area contributed by atoms with Crippen molar-refractivity contribution in [3.8, 4) is 0 Å². The van der Waals surface area contributed by atoms with Crippen LogP contribution in [0.1, 0.15) is 45.1 Å². The van der Waals surface area contributed by atoms with Crippen LogP contribution in [0.5, 0.6) is 0 Å².